The number of aryl methyl sites for hydroxylation is 2. The zero-order chi connectivity index (χ0) is 23.6. The van der Waals surface area contributed by atoms with Gasteiger partial charge in [0, 0.05) is 12.2 Å². The van der Waals surface area contributed by atoms with E-state index in [2.05, 4.69) is 17.4 Å². The van der Waals surface area contributed by atoms with E-state index in [4.69, 9.17) is 4.74 Å². The molecule has 1 aromatic carbocycles. The number of carbonyl (C=O) groups is 3. The summed E-state index contributed by atoms with van der Waals surface area (Å²) in [7, 11) is 0. The predicted molar refractivity (Wildman–Crippen MR) is 127 cm³/mol. The molecule has 2 amide bonds. The number of amides is 2. The van der Waals surface area contributed by atoms with E-state index in [0.717, 1.165) is 31.4 Å². The molecule has 7 heteroatoms. The highest BCUT2D eigenvalue weighted by molar-refractivity contribution is 5.95. The van der Waals surface area contributed by atoms with Crippen molar-refractivity contribution in [2.45, 2.75) is 77.3 Å². The average molecular weight is 456 g/mol. The number of likely N-dealkylation sites (tertiary alicyclic amines) is 2. The minimum Gasteiger partial charge on any atom is -0.464 e. The molecule has 0 unspecified atom stereocenters. The fourth-order valence-electron chi connectivity index (χ4n) is 5.83. The van der Waals surface area contributed by atoms with Gasteiger partial charge in [-0.25, -0.2) is 4.79 Å². The highest BCUT2D eigenvalue weighted by Crippen LogP contribution is 2.40. The Balaban J connectivity index is 1.44. The van der Waals surface area contributed by atoms with Crippen LogP contribution in [0.2, 0.25) is 0 Å². The molecule has 2 saturated heterocycles. The summed E-state index contributed by atoms with van der Waals surface area (Å²) < 4.78 is 5.30. The number of ether oxygens (including phenoxy) is 1. The molecule has 2 fully saturated rings. The van der Waals surface area contributed by atoms with Gasteiger partial charge < -0.3 is 15.0 Å². The number of nitrogens with zero attached hydrogens (tertiary/aromatic N) is 2. The molecule has 0 radical (unpaired) electrons. The molecule has 2 atom stereocenters. The van der Waals surface area contributed by atoms with Gasteiger partial charge in [-0.05, 0) is 87.6 Å². The maximum absolute atomic E-state index is 13.7. The Morgan fingerprint density at radius 2 is 1.91 bits per heavy atom. The highest BCUT2D eigenvalue weighted by atomic mass is 16.5. The van der Waals surface area contributed by atoms with Crippen molar-refractivity contribution in [2.24, 2.45) is 5.92 Å². The molecular weight excluding hydrogens is 418 g/mol. The lowest BCUT2D eigenvalue weighted by molar-refractivity contribution is -0.156. The van der Waals surface area contributed by atoms with E-state index >= 15 is 0 Å². The van der Waals surface area contributed by atoms with Crippen molar-refractivity contribution in [1.82, 2.24) is 9.80 Å². The van der Waals surface area contributed by atoms with E-state index in [-0.39, 0.29) is 30.2 Å². The molecule has 2 aliphatic heterocycles. The van der Waals surface area contributed by atoms with E-state index in [1.807, 2.05) is 24.8 Å². The van der Waals surface area contributed by atoms with Crippen LogP contribution >= 0.6 is 0 Å². The SMILES string of the molecule is CCOC(=O)[C@H](CC(C)C)N1CC[C@@]2(CCCN2CC(=O)Nc2ccc3c(c2)CCC3)C1=O. The van der Waals surface area contributed by atoms with Gasteiger partial charge >= 0.3 is 5.97 Å². The summed E-state index contributed by atoms with van der Waals surface area (Å²) in [6.07, 6.45) is 6.18. The topological polar surface area (TPSA) is 79.0 Å². The van der Waals surface area contributed by atoms with E-state index < -0.39 is 11.6 Å². The van der Waals surface area contributed by atoms with Crippen LogP contribution in [-0.4, -0.2) is 65.4 Å². The number of carbonyl (C=O) groups excluding carboxylic acids is 3. The van der Waals surface area contributed by atoms with Gasteiger partial charge in [0.1, 0.15) is 11.6 Å². The van der Waals surface area contributed by atoms with Crippen molar-refractivity contribution >= 4 is 23.5 Å². The second-order valence-corrected chi connectivity index (χ2v) is 10.1. The molecule has 4 rings (SSSR count). The van der Waals surface area contributed by atoms with Crippen molar-refractivity contribution in [3.8, 4) is 0 Å². The Bertz CT molecular complexity index is 915. The summed E-state index contributed by atoms with van der Waals surface area (Å²) in [4.78, 5) is 43.0. The molecule has 1 aliphatic carbocycles. The fourth-order valence-corrected chi connectivity index (χ4v) is 5.83. The first-order chi connectivity index (χ1) is 15.8. The Kier molecular flexibility index (Phi) is 7.07. The third-order valence-electron chi connectivity index (χ3n) is 7.40. The van der Waals surface area contributed by atoms with E-state index in [1.165, 1.54) is 17.5 Å². The van der Waals surface area contributed by atoms with Gasteiger partial charge in [0.2, 0.25) is 11.8 Å². The summed E-state index contributed by atoms with van der Waals surface area (Å²) in [5.41, 5.74) is 2.84. The van der Waals surface area contributed by atoms with Crippen molar-refractivity contribution in [3.05, 3.63) is 29.3 Å². The van der Waals surface area contributed by atoms with Gasteiger partial charge in [-0.15, -0.1) is 0 Å². The van der Waals surface area contributed by atoms with Crippen LogP contribution in [0.25, 0.3) is 0 Å². The second kappa shape index (κ2) is 9.84. The average Bonchev–Trinajstić information content (AvgIpc) is 3.47. The third kappa shape index (κ3) is 4.79. The van der Waals surface area contributed by atoms with Crippen LogP contribution < -0.4 is 5.32 Å². The first-order valence-electron chi connectivity index (χ1n) is 12.5. The predicted octanol–water partition coefficient (Wildman–Crippen LogP) is 3.16. The van der Waals surface area contributed by atoms with Gasteiger partial charge in [-0.3, -0.25) is 14.5 Å². The molecule has 7 nitrogen and oxygen atoms in total. The lowest BCUT2D eigenvalue weighted by atomic mass is 9.94. The molecule has 180 valence electrons. The van der Waals surface area contributed by atoms with Crippen molar-refractivity contribution in [1.29, 1.82) is 0 Å². The molecule has 33 heavy (non-hydrogen) atoms. The van der Waals surface area contributed by atoms with Crippen molar-refractivity contribution in [3.63, 3.8) is 0 Å². The Hall–Kier alpha value is -2.41. The highest BCUT2D eigenvalue weighted by Gasteiger charge is 2.55. The number of fused-ring (bicyclic) bond motifs is 1. The number of hydrogen-bond acceptors (Lipinski definition) is 5. The Morgan fingerprint density at radius 1 is 1.12 bits per heavy atom. The number of benzene rings is 1. The zero-order valence-electron chi connectivity index (χ0n) is 20.2. The van der Waals surface area contributed by atoms with Crippen LogP contribution in [0.5, 0.6) is 0 Å². The number of hydrogen-bond donors (Lipinski definition) is 1. The standard InChI is InChI=1S/C26H37N3O4/c1-4-33-24(31)22(15-18(2)3)29-14-12-26(25(29)32)11-6-13-28(26)17-23(30)27-21-10-9-19-7-5-8-20(19)16-21/h9-10,16,18,22H,4-8,11-15,17H2,1-3H3,(H,27,30)/t22-,26-/m0/s1. The molecule has 0 bridgehead atoms. The van der Waals surface area contributed by atoms with E-state index in [0.29, 0.717) is 32.5 Å². The molecule has 1 N–H and O–H groups in total. The molecule has 2 heterocycles. The summed E-state index contributed by atoms with van der Waals surface area (Å²) in [5, 5.41) is 3.04. The van der Waals surface area contributed by atoms with Gasteiger partial charge in [0.05, 0.1) is 13.2 Å². The van der Waals surface area contributed by atoms with Gasteiger partial charge in [-0.1, -0.05) is 19.9 Å². The van der Waals surface area contributed by atoms with Crippen LogP contribution in [0.1, 0.15) is 64.0 Å². The van der Waals surface area contributed by atoms with Gasteiger partial charge in [0.15, 0.2) is 0 Å². The van der Waals surface area contributed by atoms with Crippen LogP contribution in [0.3, 0.4) is 0 Å². The van der Waals surface area contributed by atoms with E-state index in [1.54, 1.807) is 11.8 Å². The largest absolute Gasteiger partial charge is 0.464 e. The molecular formula is C26H37N3O4. The quantitative estimate of drug-likeness (QED) is 0.609. The summed E-state index contributed by atoms with van der Waals surface area (Å²) >= 11 is 0. The van der Waals surface area contributed by atoms with Gasteiger partial charge in [0.25, 0.3) is 0 Å². The first kappa shape index (κ1) is 23.7. The number of rotatable bonds is 8. The number of esters is 1. The molecule has 1 aromatic rings. The fraction of sp³-hybridized carbons (Fsp3) is 0.654. The maximum Gasteiger partial charge on any atom is 0.328 e. The first-order valence-corrected chi connectivity index (χ1v) is 12.5. The minimum absolute atomic E-state index is 0.0240. The Labute approximate surface area is 196 Å². The minimum atomic E-state index is -0.684. The number of nitrogens with one attached hydrogen (secondary N) is 1. The maximum atomic E-state index is 13.7. The summed E-state index contributed by atoms with van der Waals surface area (Å²) in [6, 6.07) is 5.61. The molecule has 0 saturated carbocycles. The smallest absolute Gasteiger partial charge is 0.328 e. The lowest BCUT2D eigenvalue weighted by Gasteiger charge is -2.34. The molecule has 1 spiro atoms. The summed E-state index contributed by atoms with van der Waals surface area (Å²) in [5.74, 6) is -0.175. The van der Waals surface area contributed by atoms with Crippen molar-refractivity contribution in [2.75, 3.05) is 31.6 Å². The Morgan fingerprint density at radius 3 is 2.67 bits per heavy atom. The number of anilines is 1. The van der Waals surface area contributed by atoms with Crippen LogP contribution in [-0.2, 0) is 32.0 Å². The zero-order valence-corrected chi connectivity index (χ0v) is 20.2. The van der Waals surface area contributed by atoms with E-state index in [9.17, 15) is 14.4 Å². The van der Waals surface area contributed by atoms with Crippen molar-refractivity contribution < 1.29 is 19.1 Å². The monoisotopic (exact) mass is 455 g/mol. The second-order valence-electron chi connectivity index (χ2n) is 10.1. The lowest BCUT2D eigenvalue weighted by Crippen LogP contribution is -2.55. The molecule has 3 aliphatic rings. The van der Waals surface area contributed by atoms with Crippen LogP contribution in [0.4, 0.5) is 5.69 Å². The summed E-state index contributed by atoms with van der Waals surface area (Å²) in [6.45, 7) is 7.61. The normalized spacial score (nSPS) is 23.4. The van der Waals surface area contributed by atoms with Crippen LogP contribution in [0, 0.1) is 5.92 Å². The molecule has 0 aromatic heterocycles. The third-order valence-corrected chi connectivity index (χ3v) is 7.40. The van der Waals surface area contributed by atoms with Crippen LogP contribution in [0.15, 0.2) is 18.2 Å². The van der Waals surface area contributed by atoms with Gasteiger partial charge in [-0.2, -0.15) is 0 Å².